The molecule has 2 bridgehead atoms. The van der Waals surface area contributed by atoms with Crippen molar-refractivity contribution < 1.29 is 33.9 Å². The van der Waals surface area contributed by atoms with E-state index in [1.165, 1.54) is 4.90 Å². The van der Waals surface area contributed by atoms with Crippen LogP contribution in [0.15, 0.2) is 6.20 Å². The fraction of sp³-hybridized carbons (Fsp3) is 0.733. The molecule has 0 aliphatic carbocycles. The first-order valence-electron chi connectivity index (χ1n) is 16.2. The SMILES string of the molecule is CC[C@H](C)[C@@H]1NC(=O)[C@@H]2CCCN2C(=O)[C@@H](NC(=O)[C@H](C)NC)Cc2cn(nn2)CCCC[C@@H](C(=O)NCCCC(=O)O)NC1=O. The molecule has 6 atom stereocenters. The lowest BCUT2D eigenvalue weighted by molar-refractivity contribution is -0.142. The Morgan fingerprint density at radius 2 is 1.83 bits per heavy atom. The number of aliphatic carboxylic acids is 1. The third kappa shape index (κ3) is 10.2. The van der Waals surface area contributed by atoms with Gasteiger partial charge in [-0.3, -0.25) is 33.4 Å². The smallest absolute Gasteiger partial charge is 0.303 e. The molecule has 0 saturated carbocycles. The zero-order valence-corrected chi connectivity index (χ0v) is 27.2. The molecular formula is C30H49N9O7. The fourth-order valence-electron chi connectivity index (χ4n) is 5.56. The van der Waals surface area contributed by atoms with Gasteiger partial charge in [0.05, 0.1) is 11.7 Å². The molecule has 0 radical (unpaired) electrons. The molecule has 0 aromatic carbocycles. The Bertz CT molecular complexity index is 1240. The van der Waals surface area contributed by atoms with Crippen LogP contribution in [0, 0.1) is 5.92 Å². The molecule has 16 heteroatoms. The van der Waals surface area contributed by atoms with Crippen molar-refractivity contribution in [3.8, 4) is 0 Å². The van der Waals surface area contributed by atoms with Crippen molar-refractivity contribution >= 4 is 35.5 Å². The summed E-state index contributed by atoms with van der Waals surface area (Å²) in [5.41, 5.74) is 0.500. The van der Waals surface area contributed by atoms with Crippen molar-refractivity contribution in [3.63, 3.8) is 0 Å². The first kappa shape index (κ1) is 36.4. The Kier molecular flexibility index (Phi) is 13.9. The molecule has 46 heavy (non-hydrogen) atoms. The van der Waals surface area contributed by atoms with E-state index in [9.17, 15) is 28.8 Å². The number of nitrogens with one attached hydrogen (secondary N) is 5. The highest BCUT2D eigenvalue weighted by molar-refractivity contribution is 5.96. The molecule has 1 saturated heterocycles. The Labute approximate surface area is 269 Å². The van der Waals surface area contributed by atoms with Crippen LogP contribution in [0.3, 0.4) is 0 Å². The summed E-state index contributed by atoms with van der Waals surface area (Å²) >= 11 is 0. The third-order valence-corrected chi connectivity index (χ3v) is 8.70. The molecule has 3 heterocycles. The molecule has 1 aromatic rings. The number of carbonyl (C=O) groups excluding carboxylic acids is 5. The van der Waals surface area contributed by atoms with Gasteiger partial charge in [0, 0.05) is 38.7 Å². The molecule has 5 amide bonds. The predicted octanol–water partition coefficient (Wildman–Crippen LogP) is -0.915. The average molecular weight is 648 g/mol. The van der Waals surface area contributed by atoms with Gasteiger partial charge in [-0.1, -0.05) is 25.5 Å². The standard InChI is InChI=1S/C30H49N9O7/c1-5-18(2)25-29(45)33-21(27(43)32-13-8-12-24(40)41)10-6-7-14-38-17-20(36-37-38)16-22(34-26(42)19(3)31-4)30(46)39-15-9-11-23(39)28(44)35-25/h17-19,21-23,25,31H,5-16H2,1-4H3,(H,32,43)(H,33,45)(H,34,42)(H,35,44)(H,40,41)/t18-,19-,21-,22-,23-,25-/m0/s1. The molecule has 2 aliphatic heterocycles. The quantitative estimate of drug-likeness (QED) is 0.172. The molecule has 1 aromatic heterocycles. The molecule has 1 fully saturated rings. The van der Waals surface area contributed by atoms with Crippen LogP contribution in [-0.2, 0) is 41.7 Å². The number of hydrogen-bond acceptors (Lipinski definition) is 9. The predicted molar refractivity (Wildman–Crippen MR) is 166 cm³/mol. The fourth-order valence-corrected chi connectivity index (χ4v) is 5.56. The van der Waals surface area contributed by atoms with E-state index in [4.69, 9.17) is 5.11 Å². The highest BCUT2D eigenvalue weighted by Crippen LogP contribution is 2.21. The number of carboxylic acids is 1. The summed E-state index contributed by atoms with van der Waals surface area (Å²) in [7, 11) is 1.64. The van der Waals surface area contributed by atoms with Crippen LogP contribution >= 0.6 is 0 Å². The Hall–Kier alpha value is -4.08. The van der Waals surface area contributed by atoms with Gasteiger partial charge in [0.1, 0.15) is 24.2 Å². The highest BCUT2D eigenvalue weighted by atomic mass is 16.4. The van der Waals surface area contributed by atoms with E-state index in [1.54, 1.807) is 24.9 Å². The number of nitrogens with zero attached hydrogens (tertiary/aromatic N) is 4. The number of rotatable bonds is 10. The number of amides is 5. The lowest BCUT2D eigenvalue weighted by atomic mass is 9.96. The van der Waals surface area contributed by atoms with Crippen molar-refractivity contribution in [1.29, 1.82) is 0 Å². The van der Waals surface area contributed by atoms with E-state index < -0.39 is 59.8 Å². The number of fused-ring (bicyclic) bond motifs is 3. The maximum absolute atomic E-state index is 13.9. The van der Waals surface area contributed by atoms with Crippen LogP contribution in [0.1, 0.15) is 77.8 Å². The minimum atomic E-state index is -0.982. The first-order valence-corrected chi connectivity index (χ1v) is 16.2. The summed E-state index contributed by atoms with van der Waals surface area (Å²) in [5.74, 6) is -3.47. The van der Waals surface area contributed by atoms with Crippen LogP contribution < -0.4 is 26.6 Å². The highest BCUT2D eigenvalue weighted by Gasteiger charge is 2.40. The Morgan fingerprint density at radius 1 is 1.07 bits per heavy atom. The van der Waals surface area contributed by atoms with Gasteiger partial charge in [-0.15, -0.1) is 5.10 Å². The molecule has 6 N–H and O–H groups in total. The molecule has 256 valence electrons. The maximum atomic E-state index is 13.9. The van der Waals surface area contributed by atoms with Crippen molar-refractivity contribution in [1.82, 2.24) is 46.5 Å². The Morgan fingerprint density at radius 3 is 2.52 bits per heavy atom. The van der Waals surface area contributed by atoms with Crippen molar-refractivity contribution in [2.75, 3.05) is 20.1 Å². The topological polar surface area (TPSA) is 217 Å². The summed E-state index contributed by atoms with van der Waals surface area (Å²) in [6, 6.07) is -4.26. The molecular weight excluding hydrogens is 598 g/mol. The van der Waals surface area contributed by atoms with Gasteiger partial charge in [-0.2, -0.15) is 0 Å². The second-order valence-electron chi connectivity index (χ2n) is 12.2. The van der Waals surface area contributed by atoms with E-state index in [0.29, 0.717) is 57.3 Å². The van der Waals surface area contributed by atoms with Gasteiger partial charge in [-0.05, 0) is 58.4 Å². The lowest BCUT2D eigenvalue weighted by Gasteiger charge is -2.31. The van der Waals surface area contributed by atoms with Gasteiger partial charge in [0.25, 0.3) is 0 Å². The number of likely N-dealkylation sites (N-methyl/N-ethyl adjacent to an activating group) is 1. The Balaban J connectivity index is 1.90. The largest absolute Gasteiger partial charge is 0.481 e. The molecule has 2 aliphatic rings. The van der Waals surface area contributed by atoms with Gasteiger partial charge in [-0.25, -0.2) is 0 Å². The van der Waals surface area contributed by atoms with Crippen LogP contribution in [0.5, 0.6) is 0 Å². The maximum Gasteiger partial charge on any atom is 0.303 e. The number of carboxylic acid groups (broad SMARTS) is 1. The number of aryl methyl sites for hydroxylation is 1. The van der Waals surface area contributed by atoms with E-state index in [2.05, 4.69) is 36.9 Å². The van der Waals surface area contributed by atoms with Gasteiger partial charge < -0.3 is 36.6 Å². The van der Waals surface area contributed by atoms with E-state index in [0.717, 1.165) is 0 Å². The zero-order chi connectivity index (χ0) is 33.8. The van der Waals surface area contributed by atoms with Crippen LogP contribution in [0.2, 0.25) is 0 Å². The monoisotopic (exact) mass is 647 g/mol. The van der Waals surface area contributed by atoms with Gasteiger partial charge >= 0.3 is 5.97 Å². The van der Waals surface area contributed by atoms with Gasteiger partial charge in [0.2, 0.25) is 29.5 Å². The lowest BCUT2D eigenvalue weighted by Crippen LogP contribution is -2.60. The number of hydrogen-bond donors (Lipinski definition) is 6. The summed E-state index contributed by atoms with van der Waals surface area (Å²) < 4.78 is 1.63. The normalized spacial score (nSPS) is 24.4. The van der Waals surface area contributed by atoms with Crippen LogP contribution in [0.25, 0.3) is 0 Å². The summed E-state index contributed by atoms with van der Waals surface area (Å²) in [6.45, 7) is 6.32. The molecule has 0 spiro atoms. The number of carbonyl (C=O) groups is 6. The van der Waals surface area contributed by atoms with Crippen molar-refractivity contribution in [2.24, 2.45) is 5.92 Å². The van der Waals surface area contributed by atoms with Crippen molar-refractivity contribution in [2.45, 2.75) is 115 Å². The summed E-state index contributed by atoms with van der Waals surface area (Å²) in [4.78, 5) is 79.6. The zero-order valence-electron chi connectivity index (χ0n) is 27.2. The second-order valence-corrected chi connectivity index (χ2v) is 12.2. The average Bonchev–Trinajstić information content (AvgIpc) is 3.71. The molecule has 3 rings (SSSR count). The van der Waals surface area contributed by atoms with Crippen LogP contribution in [0.4, 0.5) is 0 Å². The molecule has 0 unspecified atom stereocenters. The van der Waals surface area contributed by atoms with Gasteiger partial charge in [0.15, 0.2) is 0 Å². The third-order valence-electron chi connectivity index (χ3n) is 8.70. The van der Waals surface area contributed by atoms with Crippen molar-refractivity contribution in [3.05, 3.63) is 11.9 Å². The van der Waals surface area contributed by atoms with E-state index in [-0.39, 0.29) is 37.6 Å². The minimum Gasteiger partial charge on any atom is -0.481 e. The van der Waals surface area contributed by atoms with E-state index >= 15 is 0 Å². The second kappa shape index (κ2) is 17.6. The van der Waals surface area contributed by atoms with E-state index in [1.807, 2.05) is 13.8 Å². The van der Waals surface area contributed by atoms with Crippen LogP contribution in [-0.4, -0.2) is 111 Å². The number of aromatic nitrogens is 3. The summed E-state index contributed by atoms with van der Waals surface area (Å²) in [5, 5.41) is 31.4. The molecule has 16 nitrogen and oxygen atoms in total. The summed E-state index contributed by atoms with van der Waals surface area (Å²) in [6.07, 6.45) is 4.90. The minimum absolute atomic E-state index is 0.0773. The first-order chi connectivity index (χ1) is 21.9.